The van der Waals surface area contributed by atoms with Gasteiger partial charge in [-0.25, -0.2) is 0 Å². The van der Waals surface area contributed by atoms with E-state index in [2.05, 4.69) is 69.5 Å². The van der Waals surface area contributed by atoms with E-state index >= 15 is 0 Å². The average Bonchev–Trinajstić information content (AvgIpc) is 2.96. The van der Waals surface area contributed by atoms with Gasteiger partial charge >= 0.3 is 0 Å². The molecule has 2 rings (SSSR count). The van der Waals surface area contributed by atoms with Crippen molar-refractivity contribution < 1.29 is 0 Å². The van der Waals surface area contributed by atoms with Crippen LogP contribution in [-0.4, -0.2) is 16.3 Å². The number of thiophene rings is 1. The third-order valence-electron chi connectivity index (χ3n) is 3.57. The average molecular weight is 356 g/mol. The molecule has 1 unspecified atom stereocenters. The van der Waals surface area contributed by atoms with Crippen molar-refractivity contribution in [2.45, 2.75) is 46.7 Å². The first-order valence-corrected chi connectivity index (χ1v) is 8.79. The zero-order valence-corrected chi connectivity index (χ0v) is 14.9. The van der Waals surface area contributed by atoms with Gasteiger partial charge < -0.3 is 5.32 Å². The molecule has 20 heavy (non-hydrogen) atoms. The Labute approximate surface area is 133 Å². The summed E-state index contributed by atoms with van der Waals surface area (Å²) in [6, 6.07) is 0.351. The Balaban J connectivity index is 2.31. The lowest BCUT2D eigenvalue weighted by Gasteiger charge is -2.19. The highest BCUT2D eigenvalue weighted by molar-refractivity contribution is 9.10. The van der Waals surface area contributed by atoms with Crippen LogP contribution in [0.25, 0.3) is 0 Å². The number of hydrogen-bond acceptors (Lipinski definition) is 3. The Morgan fingerprint density at radius 1 is 1.35 bits per heavy atom. The Morgan fingerprint density at radius 2 is 2.10 bits per heavy atom. The molecule has 0 radical (unpaired) electrons. The first kappa shape index (κ1) is 15.7. The molecular weight excluding hydrogens is 334 g/mol. The van der Waals surface area contributed by atoms with Crippen LogP contribution in [0, 0.1) is 13.8 Å². The summed E-state index contributed by atoms with van der Waals surface area (Å²) < 4.78 is 3.25. The lowest BCUT2D eigenvalue weighted by molar-refractivity contribution is 0.514. The Kier molecular flexibility index (Phi) is 5.41. The number of aryl methyl sites for hydroxylation is 3. The predicted molar refractivity (Wildman–Crippen MR) is 89.5 cm³/mol. The summed E-state index contributed by atoms with van der Waals surface area (Å²) in [5.74, 6) is 0. The largest absolute Gasteiger partial charge is 0.310 e. The van der Waals surface area contributed by atoms with Crippen LogP contribution in [0.3, 0.4) is 0 Å². The monoisotopic (exact) mass is 355 g/mol. The van der Waals surface area contributed by atoms with Gasteiger partial charge in [-0.2, -0.15) is 16.4 Å². The first-order chi connectivity index (χ1) is 9.58. The van der Waals surface area contributed by atoms with Crippen LogP contribution in [0.2, 0.25) is 0 Å². The van der Waals surface area contributed by atoms with Crippen LogP contribution in [-0.2, 0) is 13.0 Å². The van der Waals surface area contributed by atoms with Gasteiger partial charge in [0.25, 0.3) is 0 Å². The molecule has 0 saturated carbocycles. The lowest BCUT2D eigenvalue weighted by atomic mass is 10.0. The van der Waals surface area contributed by atoms with Gasteiger partial charge in [0, 0.05) is 19.0 Å². The number of aromatic nitrogens is 2. The Bertz CT molecular complexity index is 574. The van der Waals surface area contributed by atoms with Crippen molar-refractivity contribution in [3.63, 3.8) is 0 Å². The van der Waals surface area contributed by atoms with E-state index in [1.54, 1.807) is 11.3 Å². The maximum absolute atomic E-state index is 4.59. The molecule has 3 nitrogen and oxygen atoms in total. The molecule has 1 N–H and O–H groups in total. The second kappa shape index (κ2) is 6.87. The van der Waals surface area contributed by atoms with Crippen molar-refractivity contribution in [1.29, 1.82) is 0 Å². The Hall–Kier alpha value is -0.650. The van der Waals surface area contributed by atoms with E-state index in [4.69, 9.17) is 0 Å². The van der Waals surface area contributed by atoms with Crippen molar-refractivity contribution in [1.82, 2.24) is 15.1 Å². The van der Waals surface area contributed by atoms with Crippen LogP contribution in [0.15, 0.2) is 15.2 Å². The van der Waals surface area contributed by atoms with Crippen molar-refractivity contribution in [3.8, 4) is 0 Å². The molecule has 1 atom stereocenters. The van der Waals surface area contributed by atoms with Gasteiger partial charge in [0.15, 0.2) is 0 Å². The van der Waals surface area contributed by atoms with Crippen molar-refractivity contribution >= 4 is 27.3 Å². The summed E-state index contributed by atoms with van der Waals surface area (Å²) in [5, 5.41) is 12.7. The summed E-state index contributed by atoms with van der Waals surface area (Å²) in [5.41, 5.74) is 5.13. The quantitative estimate of drug-likeness (QED) is 0.839. The highest BCUT2D eigenvalue weighted by atomic mass is 79.9. The fourth-order valence-corrected chi connectivity index (χ4v) is 3.87. The zero-order valence-electron chi connectivity index (χ0n) is 12.5. The van der Waals surface area contributed by atoms with Crippen LogP contribution >= 0.6 is 27.3 Å². The molecule has 0 fully saturated rings. The van der Waals surface area contributed by atoms with Gasteiger partial charge in [0.05, 0.1) is 15.9 Å². The fourth-order valence-electron chi connectivity index (χ4n) is 2.52. The number of halogens is 1. The lowest BCUT2D eigenvalue weighted by Crippen LogP contribution is -2.24. The third-order valence-corrected chi connectivity index (χ3v) is 5.48. The molecule has 0 bridgehead atoms. The first-order valence-electron chi connectivity index (χ1n) is 7.06. The molecule has 0 aromatic carbocycles. The third kappa shape index (κ3) is 3.15. The molecular formula is C15H22BrN3S. The highest BCUT2D eigenvalue weighted by Gasteiger charge is 2.20. The number of hydrogen-bond donors (Lipinski definition) is 1. The minimum absolute atomic E-state index is 0.351. The van der Waals surface area contributed by atoms with Gasteiger partial charge in [-0.3, -0.25) is 4.68 Å². The highest BCUT2D eigenvalue weighted by Crippen LogP contribution is 2.29. The van der Waals surface area contributed by atoms with E-state index in [-0.39, 0.29) is 0 Å². The molecule has 2 aromatic heterocycles. The standard InChI is InChI=1S/C15H22BrN3S/c1-5-17-13(12-9-20-8-10(12)3)7-14-15(16)11(4)18-19(14)6-2/h8-9,13,17H,5-7H2,1-4H3. The number of nitrogens with zero attached hydrogens (tertiary/aromatic N) is 2. The molecule has 110 valence electrons. The molecule has 2 heterocycles. The van der Waals surface area contributed by atoms with E-state index in [0.717, 1.165) is 29.7 Å². The van der Waals surface area contributed by atoms with E-state index in [0.29, 0.717) is 6.04 Å². The predicted octanol–water partition coefficient (Wildman–Crippen LogP) is 4.24. The van der Waals surface area contributed by atoms with Gasteiger partial charge in [-0.1, -0.05) is 6.92 Å². The molecule has 0 spiro atoms. The molecule has 2 aromatic rings. The summed E-state index contributed by atoms with van der Waals surface area (Å²) >= 11 is 5.47. The molecule has 0 aliphatic carbocycles. The van der Waals surface area contributed by atoms with E-state index in [1.165, 1.54) is 16.8 Å². The summed E-state index contributed by atoms with van der Waals surface area (Å²) in [4.78, 5) is 0. The van der Waals surface area contributed by atoms with Gasteiger partial charge in [-0.05, 0) is 65.1 Å². The number of likely N-dealkylation sites (N-methyl/N-ethyl adjacent to an activating group) is 1. The van der Waals surface area contributed by atoms with Gasteiger partial charge in [-0.15, -0.1) is 0 Å². The maximum Gasteiger partial charge on any atom is 0.0738 e. The second-order valence-corrected chi connectivity index (χ2v) is 6.52. The van der Waals surface area contributed by atoms with E-state index in [9.17, 15) is 0 Å². The minimum Gasteiger partial charge on any atom is -0.310 e. The maximum atomic E-state index is 4.59. The zero-order chi connectivity index (χ0) is 14.7. The number of rotatable bonds is 6. The van der Waals surface area contributed by atoms with E-state index < -0.39 is 0 Å². The SMILES string of the molecule is CCNC(Cc1c(Br)c(C)nn1CC)c1cscc1C. The van der Waals surface area contributed by atoms with Crippen molar-refractivity contribution in [2.24, 2.45) is 0 Å². The van der Waals surface area contributed by atoms with Gasteiger partial charge in [0.2, 0.25) is 0 Å². The van der Waals surface area contributed by atoms with Crippen LogP contribution in [0.4, 0.5) is 0 Å². The summed E-state index contributed by atoms with van der Waals surface area (Å²) in [6.45, 7) is 10.4. The molecule has 0 amide bonds. The summed E-state index contributed by atoms with van der Waals surface area (Å²) in [6.07, 6.45) is 0.959. The molecule has 0 aliphatic rings. The van der Waals surface area contributed by atoms with E-state index in [1.807, 2.05) is 0 Å². The van der Waals surface area contributed by atoms with Crippen LogP contribution < -0.4 is 5.32 Å². The Morgan fingerprint density at radius 3 is 2.65 bits per heavy atom. The normalized spacial score (nSPS) is 12.8. The smallest absolute Gasteiger partial charge is 0.0738 e. The second-order valence-electron chi connectivity index (χ2n) is 4.99. The number of nitrogens with one attached hydrogen (secondary N) is 1. The van der Waals surface area contributed by atoms with Gasteiger partial charge in [0.1, 0.15) is 0 Å². The minimum atomic E-state index is 0.351. The summed E-state index contributed by atoms with van der Waals surface area (Å²) in [7, 11) is 0. The molecule has 5 heteroatoms. The molecule has 0 saturated heterocycles. The topological polar surface area (TPSA) is 29.9 Å². The van der Waals surface area contributed by atoms with Crippen molar-refractivity contribution in [3.05, 3.63) is 37.7 Å². The van der Waals surface area contributed by atoms with Crippen molar-refractivity contribution in [2.75, 3.05) is 6.54 Å². The van der Waals surface area contributed by atoms with Crippen LogP contribution in [0.5, 0.6) is 0 Å². The van der Waals surface area contributed by atoms with Crippen LogP contribution in [0.1, 0.15) is 42.4 Å². The fraction of sp³-hybridized carbons (Fsp3) is 0.533. The molecule has 0 aliphatic heterocycles.